The van der Waals surface area contributed by atoms with Crippen LogP contribution in [0.2, 0.25) is 0 Å². The Kier molecular flexibility index (Phi) is 2.59. The number of carbonyl (C=O) groups is 1. The molecule has 1 aromatic heterocycles. The van der Waals surface area contributed by atoms with E-state index in [1.807, 2.05) is 0 Å². The molecule has 1 fully saturated rings. The molecular formula is C9H14N4O2. The van der Waals surface area contributed by atoms with E-state index in [4.69, 9.17) is 16.2 Å². The number of aromatic nitrogens is 2. The third-order valence-corrected chi connectivity index (χ3v) is 2.49. The highest BCUT2D eigenvalue weighted by molar-refractivity contribution is 5.95. The van der Waals surface area contributed by atoms with Gasteiger partial charge in [0.2, 0.25) is 0 Å². The number of rotatable bonds is 3. The maximum Gasteiger partial charge on any atom is 0.271 e. The Hall–Kier alpha value is -1.56. The number of primary amides is 1. The average molecular weight is 210 g/mol. The van der Waals surface area contributed by atoms with Crippen molar-refractivity contribution in [2.45, 2.75) is 13.0 Å². The van der Waals surface area contributed by atoms with Gasteiger partial charge >= 0.3 is 0 Å². The molecule has 1 saturated heterocycles. The second-order valence-electron chi connectivity index (χ2n) is 3.75. The van der Waals surface area contributed by atoms with E-state index in [0.29, 0.717) is 11.6 Å². The summed E-state index contributed by atoms with van der Waals surface area (Å²) in [4.78, 5) is 10.9. The molecule has 0 aliphatic carbocycles. The van der Waals surface area contributed by atoms with Gasteiger partial charge in [-0.1, -0.05) is 0 Å². The number of amides is 1. The fraction of sp³-hybridized carbons (Fsp3) is 0.556. The SMILES string of the molecule is NC(=O)c1nn(C[C@@H]2CCOC2)cc1N. The number of carbonyl (C=O) groups excluding carboxylic acids is 1. The van der Waals surface area contributed by atoms with E-state index in [-0.39, 0.29) is 5.69 Å². The van der Waals surface area contributed by atoms with Gasteiger partial charge in [-0.15, -0.1) is 0 Å². The molecule has 1 aromatic rings. The standard InChI is InChI=1S/C9H14N4O2/c10-7-4-13(12-8(7)9(11)14)3-6-1-2-15-5-6/h4,6H,1-3,5,10H2,(H2,11,14)/t6-/m0/s1. The molecular weight excluding hydrogens is 196 g/mol. The zero-order chi connectivity index (χ0) is 10.8. The van der Waals surface area contributed by atoms with Crippen molar-refractivity contribution in [3.8, 4) is 0 Å². The van der Waals surface area contributed by atoms with Gasteiger partial charge in [0.05, 0.1) is 12.3 Å². The molecule has 2 rings (SSSR count). The smallest absolute Gasteiger partial charge is 0.271 e. The van der Waals surface area contributed by atoms with E-state index in [0.717, 1.165) is 26.2 Å². The lowest BCUT2D eigenvalue weighted by Crippen LogP contribution is -2.15. The van der Waals surface area contributed by atoms with Gasteiger partial charge in [-0.3, -0.25) is 9.48 Å². The summed E-state index contributed by atoms with van der Waals surface area (Å²) in [6.07, 6.45) is 2.66. The summed E-state index contributed by atoms with van der Waals surface area (Å²) in [5, 5.41) is 4.03. The zero-order valence-electron chi connectivity index (χ0n) is 8.35. The minimum atomic E-state index is -0.589. The van der Waals surface area contributed by atoms with Crippen LogP contribution in [-0.2, 0) is 11.3 Å². The molecule has 6 nitrogen and oxygen atoms in total. The first-order valence-electron chi connectivity index (χ1n) is 4.87. The highest BCUT2D eigenvalue weighted by atomic mass is 16.5. The Labute approximate surface area is 87.2 Å². The van der Waals surface area contributed by atoms with Crippen LogP contribution in [0.25, 0.3) is 0 Å². The van der Waals surface area contributed by atoms with Crippen LogP contribution in [0, 0.1) is 5.92 Å². The summed E-state index contributed by atoms with van der Waals surface area (Å²) in [6, 6.07) is 0. The van der Waals surface area contributed by atoms with Gasteiger partial charge in [0, 0.05) is 25.3 Å². The van der Waals surface area contributed by atoms with Crippen LogP contribution in [-0.4, -0.2) is 28.9 Å². The van der Waals surface area contributed by atoms with E-state index >= 15 is 0 Å². The number of anilines is 1. The molecule has 0 radical (unpaired) electrons. The lowest BCUT2D eigenvalue weighted by atomic mass is 10.1. The lowest BCUT2D eigenvalue weighted by Gasteiger charge is -2.06. The van der Waals surface area contributed by atoms with E-state index in [9.17, 15) is 4.79 Å². The Balaban J connectivity index is 2.08. The number of nitrogen functional groups attached to an aromatic ring is 1. The van der Waals surface area contributed by atoms with Gasteiger partial charge in [0.1, 0.15) is 0 Å². The minimum absolute atomic E-state index is 0.147. The quantitative estimate of drug-likeness (QED) is 0.709. The molecule has 1 aliphatic rings. The van der Waals surface area contributed by atoms with Crippen LogP contribution in [0.3, 0.4) is 0 Å². The van der Waals surface area contributed by atoms with Crippen molar-refractivity contribution < 1.29 is 9.53 Å². The van der Waals surface area contributed by atoms with Gasteiger partial charge in [-0.05, 0) is 6.42 Å². The van der Waals surface area contributed by atoms with Crippen molar-refractivity contribution in [2.75, 3.05) is 18.9 Å². The fourth-order valence-electron chi connectivity index (χ4n) is 1.71. The summed E-state index contributed by atoms with van der Waals surface area (Å²) in [5.41, 5.74) is 11.2. The number of hydrogen-bond acceptors (Lipinski definition) is 4. The summed E-state index contributed by atoms with van der Waals surface area (Å²) in [7, 11) is 0. The molecule has 6 heteroatoms. The molecule has 0 saturated carbocycles. The summed E-state index contributed by atoms with van der Waals surface area (Å²) >= 11 is 0. The Morgan fingerprint density at radius 2 is 2.53 bits per heavy atom. The highest BCUT2D eigenvalue weighted by Gasteiger charge is 2.18. The van der Waals surface area contributed by atoms with Gasteiger partial charge < -0.3 is 16.2 Å². The van der Waals surface area contributed by atoms with Gasteiger partial charge in [-0.25, -0.2) is 0 Å². The van der Waals surface area contributed by atoms with Gasteiger partial charge in [0.25, 0.3) is 5.91 Å². The van der Waals surface area contributed by atoms with Crippen LogP contribution in [0.1, 0.15) is 16.9 Å². The van der Waals surface area contributed by atoms with Crippen molar-refractivity contribution in [2.24, 2.45) is 11.7 Å². The fourth-order valence-corrected chi connectivity index (χ4v) is 1.71. The van der Waals surface area contributed by atoms with Crippen LogP contribution in [0.4, 0.5) is 5.69 Å². The molecule has 0 aromatic carbocycles. The average Bonchev–Trinajstić information content (AvgIpc) is 2.75. The van der Waals surface area contributed by atoms with E-state index in [1.165, 1.54) is 0 Å². The highest BCUT2D eigenvalue weighted by Crippen LogP contribution is 2.16. The number of nitrogens with two attached hydrogens (primary N) is 2. The molecule has 2 heterocycles. The number of hydrogen-bond donors (Lipinski definition) is 2. The maximum atomic E-state index is 10.9. The Morgan fingerprint density at radius 3 is 3.07 bits per heavy atom. The zero-order valence-corrected chi connectivity index (χ0v) is 8.35. The molecule has 1 atom stereocenters. The molecule has 1 amide bonds. The Bertz CT molecular complexity index is 368. The predicted molar refractivity (Wildman–Crippen MR) is 54.1 cm³/mol. The Morgan fingerprint density at radius 1 is 1.73 bits per heavy atom. The third-order valence-electron chi connectivity index (χ3n) is 2.49. The van der Waals surface area contributed by atoms with Crippen molar-refractivity contribution in [1.82, 2.24) is 9.78 Å². The molecule has 0 unspecified atom stereocenters. The monoisotopic (exact) mass is 210 g/mol. The first-order valence-corrected chi connectivity index (χ1v) is 4.87. The predicted octanol–water partition coefficient (Wildman–Crippen LogP) is -0.399. The summed E-state index contributed by atoms with van der Waals surface area (Å²) in [5.74, 6) is -0.140. The first kappa shape index (κ1) is 9.97. The van der Waals surface area contributed by atoms with E-state index in [2.05, 4.69) is 5.10 Å². The number of nitrogens with zero attached hydrogens (tertiary/aromatic N) is 2. The van der Waals surface area contributed by atoms with Crippen LogP contribution < -0.4 is 11.5 Å². The van der Waals surface area contributed by atoms with Crippen LogP contribution >= 0.6 is 0 Å². The maximum absolute atomic E-state index is 10.9. The summed E-state index contributed by atoms with van der Waals surface area (Å²) in [6.45, 7) is 2.26. The molecule has 0 spiro atoms. The molecule has 82 valence electrons. The third kappa shape index (κ3) is 2.10. The second-order valence-corrected chi connectivity index (χ2v) is 3.75. The van der Waals surface area contributed by atoms with E-state index in [1.54, 1.807) is 10.9 Å². The van der Waals surface area contributed by atoms with E-state index < -0.39 is 5.91 Å². The normalized spacial score (nSPS) is 20.7. The minimum Gasteiger partial charge on any atom is -0.396 e. The topological polar surface area (TPSA) is 96.2 Å². The van der Waals surface area contributed by atoms with Crippen molar-refractivity contribution in [1.29, 1.82) is 0 Å². The van der Waals surface area contributed by atoms with Crippen LogP contribution in [0.15, 0.2) is 6.20 Å². The lowest BCUT2D eigenvalue weighted by molar-refractivity contribution is 0.0995. The summed E-state index contributed by atoms with van der Waals surface area (Å²) < 4.78 is 6.91. The van der Waals surface area contributed by atoms with Gasteiger partial charge in [-0.2, -0.15) is 5.10 Å². The van der Waals surface area contributed by atoms with Crippen molar-refractivity contribution in [3.05, 3.63) is 11.9 Å². The molecule has 0 bridgehead atoms. The van der Waals surface area contributed by atoms with Crippen molar-refractivity contribution in [3.63, 3.8) is 0 Å². The van der Waals surface area contributed by atoms with Crippen LogP contribution in [0.5, 0.6) is 0 Å². The number of ether oxygens (including phenoxy) is 1. The molecule has 1 aliphatic heterocycles. The van der Waals surface area contributed by atoms with Crippen molar-refractivity contribution >= 4 is 11.6 Å². The molecule has 4 N–H and O–H groups in total. The molecule has 15 heavy (non-hydrogen) atoms. The first-order chi connectivity index (χ1) is 7.16. The largest absolute Gasteiger partial charge is 0.396 e. The second kappa shape index (κ2) is 3.90. The van der Waals surface area contributed by atoms with Gasteiger partial charge in [0.15, 0.2) is 5.69 Å².